The Bertz CT molecular complexity index is 995. The van der Waals surface area contributed by atoms with Crippen LogP contribution in [0, 0.1) is 0 Å². The fourth-order valence-electron chi connectivity index (χ4n) is 3.25. The average molecular weight is 425 g/mol. The van der Waals surface area contributed by atoms with E-state index in [1.54, 1.807) is 12.6 Å². The van der Waals surface area contributed by atoms with Gasteiger partial charge in [-0.15, -0.1) is 0 Å². The van der Waals surface area contributed by atoms with Crippen LogP contribution in [0.2, 0.25) is 0 Å². The summed E-state index contributed by atoms with van der Waals surface area (Å²) in [6.45, 7) is 0.496. The number of unbranched alkanes of at least 4 members (excludes halogenated alkanes) is 3. The number of hydrogen-bond acceptors (Lipinski definition) is 7. The molecule has 0 aliphatic rings. The molecule has 3 rings (SSSR count). The maximum atomic E-state index is 11.0. The number of aromatic nitrogens is 2. The van der Waals surface area contributed by atoms with Crippen LogP contribution in [0.25, 0.3) is 10.9 Å². The Labute approximate surface area is 181 Å². The van der Waals surface area contributed by atoms with Gasteiger partial charge < -0.3 is 14.4 Å². The van der Waals surface area contributed by atoms with Gasteiger partial charge in [-0.1, -0.05) is 25.0 Å². The van der Waals surface area contributed by atoms with Crippen molar-refractivity contribution in [2.45, 2.75) is 32.1 Å². The lowest BCUT2D eigenvalue weighted by molar-refractivity contribution is -0.129. The third kappa shape index (κ3) is 6.05. The number of carbonyl (C=O) groups is 1. The van der Waals surface area contributed by atoms with E-state index in [0.29, 0.717) is 19.0 Å². The highest BCUT2D eigenvalue weighted by Crippen LogP contribution is 2.31. The molecule has 2 aromatic carbocycles. The van der Waals surface area contributed by atoms with Gasteiger partial charge in [0.2, 0.25) is 5.91 Å². The molecular weight excluding hydrogens is 396 g/mol. The van der Waals surface area contributed by atoms with E-state index >= 15 is 0 Å². The van der Waals surface area contributed by atoms with Crippen molar-refractivity contribution in [3.8, 4) is 11.8 Å². The minimum atomic E-state index is -0.352. The van der Waals surface area contributed by atoms with Gasteiger partial charge in [0.15, 0.2) is 0 Å². The molecule has 0 bridgehead atoms. The summed E-state index contributed by atoms with van der Waals surface area (Å²) in [5.74, 6) is 1.21. The number of ether oxygens (including phenoxy) is 2. The number of amides is 1. The van der Waals surface area contributed by atoms with Gasteiger partial charge in [-0.05, 0) is 49.2 Å². The topological polar surface area (TPSA) is 96.8 Å². The summed E-state index contributed by atoms with van der Waals surface area (Å²) in [4.78, 5) is 22.2. The van der Waals surface area contributed by atoms with E-state index in [1.807, 2.05) is 60.5 Å². The Morgan fingerprint density at radius 2 is 1.77 bits per heavy atom. The lowest BCUT2D eigenvalue weighted by Gasteiger charge is -2.21. The van der Waals surface area contributed by atoms with E-state index in [0.717, 1.165) is 53.8 Å². The SMILES string of the molecule is COc1ccc(N(C)c2nc(OCCCCCCC(=O)NO)nc3ccccc23)cc1. The van der Waals surface area contributed by atoms with Gasteiger partial charge in [-0.3, -0.25) is 10.0 Å². The molecule has 8 heteroatoms. The zero-order valence-electron chi connectivity index (χ0n) is 17.9. The summed E-state index contributed by atoms with van der Waals surface area (Å²) < 4.78 is 11.1. The number of carbonyl (C=O) groups excluding carboxylic acids is 1. The first-order valence-electron chi connectivity index (χ1n) is 10.3. The highest BCUT2D eigenvalue weighted by Gasteiger charge is 2.14. The van der Waals surface area contributed by atoms with Gasteiger partial charge in [-0.25, -0.2) is 5.48 Å². The molecule has 3 aromatic rings. The Balaban J connectivity index is 1.67. The van der Waals surface area contributed by atoms with Crippen LogP contribution in [-0.2, 0) is 4.79 Å². The summed E-state index contributed by atoms with van der Waals surface area (Å²) in [6.07, 6.45) is 3.70. The molecule has 0 saturated heterocycles. The van der Waals surface area contributed by atoms with E-state index in [9.17, 15) is 4.79 Å². The molecule has 0 spiro atoms. The molecule has 1 aromatic heterocycles. The maximum Gasteiger partial charge on any atom is 0.318 e. The van der Waals surface area contributed by atoms with Crippen molar-refractivity contribution < 1.29 is 19.5 Å². The van der Waals surface area contributed by atoms with Gasteiger partial charge in [0, 0.05) is 24.5 Å². The lowest BCUT2D eigenvalue weighted by atomic mass is 10.1. The van der Waals surface area contributed by atoms with Crippen molar-refractivity contribution in [3.05, 3.63) is 48.5 Å². The average Bonchev–Trinajstić information content (AvgIpc) is 2.82. The summed E-state index contributed by atoms with van der Waals surface area (Å²) in [7, 11) is 3.61. The Kier molecular flexibility index (Phi) is 8.00. The second kappa shape index (κ2) is 11.1. The molecule has 0 radical (unpaired) electrons. The molecule has 8 nitrogen and oxygen atoms in total. The third-order valence-corrected chi connectivity index (χ3v) is 4.99. The molecule has 31 heavy (non-hydrogen) atoms. The number of fused-ring (bicyclic) bond motifs is 1. The molecule has 164 valence electrons. The third-order valence-electron chi connectivity index (χ3n) is 4.99. The molecule has 0 aliphatic carbocycles. The number of hydrogen-bond donors (Lipinski definition) is 2. The number of rotatable bonds is 11. The van der Waals surface area contributed by atoms with Gasteiger partial charge >= 0.3 is 6.01 Å². The number of nitrogens with zero attached hydrogens (tertiary/aromatic N) is 3. The summed E-state index contributed by atoms with van der Waals surface area (Å²) in [5.41, 5.74) is 3.44. The first kappa shape index (κ1) is 22.3. The van der Waals surface area contributed by atoms with Gasteiger partial charge in [0.25, 0.3) is 0 Å². The molecule has 0 aliphatic heterocycles. The molecule has 0 saturated carbocycles. The quantitative estimate of drug-likeness (QED) is 0.270. The fourth-order valence-corrected chi connectivity index (χ4v) is 3.25. The Morgan fingerprint density at radius 3 is 2.52 bits per heavy atom. The number of benzene rings is 2. The van der Waals surface area contributed by atoms with Gasteiger partial charge in [0.05, 0.1) is 19.2 Å². The first-order chi connectivity index (χ1) is 15.1. The zero-order valence-corrected chi connectivity index (χ0v) is 17.9. The number of hydroxylamine groups is 1. The predicted molar refractivity (Wildman–Crippen MR) is 119 cm³/mol. The van der Waals surface area contributed by atoms with Crippen LogP contribution >= 0.6 is 0 Å². The summed E-state index contributed by atoms with van der Waals surface area (Å²) in [6, 6.07) is 16.0. The molecule has 2 N–H and O–H groups in total. The number of methoxy groups -OCH3 is 1. The molecule has 0 unspecified atom stereocenters. The second-order valence-corrected chi connectivity index (χ2v) is 7.15. The maximum absolute atomic E-state index is 11.0. The Morgan fingerprint density at radius 1 is 1.03 bits per heavy atom. The van der Waals surface area contributed by atoms with Gasteiger partial charge in [0.1, 0.15) is 11.6 Å². The lowest BCUT2D eigenvalue weighted by Crippen LogP contribution is -2.17. The van der Waals surface area contributed by atoms with Crippen molar-refractivity contribution in [1.82, 2.24) is 15.4 Å². The van der Waals surface area contributed by atoms with Crippen LogP contribution in [0.15, 0.2) is 48.5 Å². The fraction of sp³-hybridized carbons (Fsp3) is 0.348. The standard InChI is InChI=1S/C23H28N4O4/c1-27(17-12-14-18(30-2)15-13-17)22-19-9-6-7-10-20(19)24-23(25-22)31-16-8-4-3-5-11-21(28)26-29/h6-7,9-10,12-15,29H,3-5,8,11,16H2,1-2H3,(H,26,28). The second-order valence-electron chi connectivity index (χ2n) is 7.15. The minimum absolute atomic E-state index is 0.326. The summed E-state index contributed by atoms with van der Waals surface area (Å²) >= 11 is 0. The number of nitrogens with one attached hydrogen (secondary N) is 1. The van der Waals surface area contributed by atoms with E-state index in [4.69, 9.17) is 14.7 Å². The van der Waals surface area contributed by atoms with Crippen LogP contribution in [0.3, 0.4) is 0 Å². The van der Waals surface area contributed by atoms with Crippen molar-refractivity contribution in [1.29, 1.82) is 0 Å². The van der Waals surface area contributed by atoms with E-state index in [-0.39, 0.29) is 5.91 Å². The van der Waals surface area contributed by atoms with Crippen LogP contribution in [-0.4, -0.2) is 41.8 Å². The van der Waals surface area contributed by atoms with Crippen molar-refractivity contribution in [2.24, 2.45) is 0 Å². The van der Waals surface area contributed by atoms with Crippen molar-refractivity contribution in [2.75, 3.05) is 25.7 Å². The highest BCUT2D eigenvalue weighted by molar-refractivity contribution is 5.91. The summed E-state index contributed by atoms with van der Waals surface area (Å²) in [5, 5.41) is 9.43. The number of para-hydroxylation sites is 1. The van der Waals surface area contributed by atoms with Crippen LogP contribution in [0.1, 0.15) is 32.1 Å². The van der Waals surface area contributed by atoms with E-state index in [1.165, 1.54) is 0 Å². The minimum Gasteiger partial charge on any atom is -0.497 e. The van der Waals surface area contributed by atoms with Crippen molar-refractivity contribution in [3.63, 3.8) is 0 Å². The number of anilines is 2. The van der Waals surface area contributed by atoms with Crippen LogP contribution in [0.5, 0.6) is 11.8 Å². The molecular formula is C23H28N4O4. The van der Waals surface area contributed by atoms with Crippen molar-refractivity contribution >= 4 is 28.3 Å². The van der Waals surface area contributed by atoms with Gasteiger partial charge in [-0.2, -0.15) is 9.97 Å². The highest BCUT2D eigenvalue weighted by atomic mass is 16.5. The van der Waals surface area contributed by atoms with E-state index in [2.05, 4.69) is 9.97 Å². The first-order valence-corrected chi connectivity index (χ1v) is 10.3. The Hall–Kier alpha value is -3.39. The molecule has 1 amide bonds. The normalized spacial score (nSPS) is 10.7. The largest absolute Gasteiger partial charge is 0.497 e. The monoisotopic (exact) mass is 424 g/mol. The zero-order chi connectivity index (χ0) is 22.1. The van der Waals surface area contributed by atoms with E-state index < -0.39 is 0 Å². The van der Waals surface area contributed by atoms with Crippen LogP contribution < -0.4 is 19.9 Å². The van der Waals surface area contributed by atoms with Crippen LogP contribution in [0.4, 0.5) is 11.5 Å². The molecule has 1 heterocycles. The smallest absolute Gasteiger partial charge is 0.318 e. The predicted octanol–water partition coefficient (Wildman–Crippen LogP) is 4.24. The molecule has 0 atom stereocenters. The molecule has 0 fully saturated rings.